The first kappa shape index (κ1) is 10.1. The summed E-state index contributed by atoms with van der Waals surface area (Å²) < 4.78 is 0. The minimum atomic E-state index is 0.222. The molecule has 1 aromatic heterocycles. The zero-order valence-electron chi connectivity index (χ0n) is 7.77. The fourth-order valence-corrected chi connectivity index (χ4v) is 1.01. The Morgan fingerprint density at radius 3 is 2.77 bits per heavy atom. The molecule has 0 amide bonds. The van der Waals surface area contributed by atoms with Gasteiger partial charge in [-0.1, -0.05) is 0 Å². The molecular formula is C9H15N3O. The van der Waals surface area contributed by atoms with Gasteiger partial charge >= 0.3 is 0 Å². The maximum atomic E-state index is 8.67. The Bertz CT molecular complexity index is 228. The number of aliphatic hydroxyl groups excluding tert-OH is 1. The van der Waals surface area contributed by atoms with E-state index in [-0.39, 0.29) is 6.61 Å². The topological polar surface area (TPSA) is 58.0 Å². The molecule has 0 aromatic carbocycles. The first-order chi connectivity index (χ1) is 6.33. The smallest absolute Gasteiger partial charge is 0.115 e. The van der Waals surface area contributed by atoms with Gasteiger partial charge in [0.1, 0.15) is 6.33 Å². The van der Waals surface area contributed by atoms with E-state index < -0.39 is 0 Å². The molecular weight excluding hydrogens is 166 g/mol. The minimum Gasteiger partial charge on any atom is -0.396 e. The van der Waals surface area contributed by atoms with Crippen LogP contribution >= 0.6 is 0 Å². The Labute approximate surface area is 78.0 Å². The number of hydrogen-bond donors (Lipinski definition) is 2. The van der Waals surface area contributed by atoms with E-state index in [0.29, 0.717) is 6.04 Å². The molecule has 0 aliphatic rings. The summed E-state index contributed by atoms with van der Waals surface area (Å²) in [5, 5.41) is 11.9. The highest BCUT2D eigenvalue weighted by molar-refractivity contribution is 5.01. The molecule has 0 aliphatic carbocycles. The second-order valence-corrected chi connectivity index (χ2v) is 3.04. The van der Waals surface area contributed by atoms with Crippen molar-refractivity contribution in [3.63, 3.8) is 0 Å². The van der Waals surface area contributed by atoms with Crippen molar-refractivity contribution in [2.24, 2.45) is 0 Å². The van der Waals surface area contributed by atoms with Gasteiger partial charge in [0.2, 0.25) is 0 Å². The fourth-order valence-electron chi connectivity index (χ4n) is 1.01. The highest BCUT2D eigenvalue weighted by atomic mass is 16.3. The summed E-state index contributed by atoms with van der Waals surface area (Å²) >= 11 is 0. The van der Waals surface area contributed by atoms with Gasteiger partial charge in [-0.2, -0.15) is 0 Å². The van der Waals surface area contributed by atoms with Gasteiger partial charge < -0.3 is 10.4 Å². The van der Waals surface area contributed by atoms with Gasteiger partial charge in [0.15, 0.2) is 0 Å². The zero-order chi connectivity index (χ0) is 9.52. The van der Waals surface area contributed by atoms with Gasteiger partial charge in [-0.3, -0.25) is 0 Å². The third kappa shape index (κ3) is 3.96. The zero-order valence-corrected chi connectivity index (χ0v) is 7.77. The Kier molecular flexibility index (Phi) is 4.35. The van der Waals surface area contributed by atoms with Crippen molar-refractivity contribution in [1.29, 1.82) is 0 Å². The van der Waals surface area contributed by atoms with Crippen molar-refractivity contribution in [2.75, 3.05) is 6.61 Å². The number of aromatic nitrogens is 2. The van der Waals surface area contributed by atoms with Gasteiger partial charge in [0, 0.05) is 37.2 Å². The molecule has 0 bridgehead atoms. The van der Waals surface area contributed by atoms with Crippen LogP contribution in [0.25, 0.3) is 0 Å². The van der Waals surface area contributed by atoms with Crippen LogP contribution in [0.15, 0.2) is 18.7 Å². The minimum absolute atomic E-state index is 0.222. The first-order valence-electron chi connectivity index (χ1n) is 4.41. The van der Waals surface area contributed by atoms with Crippen molar-refractivity contribution in [2.45, 2.75) is 25.9 Å². The maximum absolute atomic E-state index is 8.67. The second-order valence-electron chi connectivity index (χ2n) is 3.04. The van der Waals surface area contributed by atoms with Crippen molar-refractivity contribution >= 4 is 0 Å². The van der Waals surface area contributed by atoms with Gasteiger partial charge in [-0.15, -0.1) is 0 Å². The van der Waals surface area contributed by atoms with Crippen LogP contribution in [0.2, 0.25) is 0 Å². The molecule has 0 radical (unpaired) electrons. The van der Waals surface area contributed by atoms with Crippen LogP contribution in [0.4, 0.5) is 0 Å². The van der Waals surface area contributed by atoms with E-state index in [2.05, 4.69) is 15.3 Å². The lowest BCUT2D eigenvalue weighted by atomic mass is 10.2. The summed E-state index contributed by atoms with van der Waals surface area (Å²) in [5.74, 6) is 0. The standard InChI is InChI=1S/C9H15N3O/c1-8(2-3-13)12-6-9-4-10-7-11-5-9/h4-5,7-8,12-13H,2-3,6H2,1H3. The van der Waals surface area contributed by atoms with Crippen molar-refractivity contribution in [3.8, 4) is 0 Å². The molecule has 0 fully saturated rings. The monoisotopic (exact) mass is 181 g/mol. The molecule has 1 atom stereocenters. The number of rotatable bonds is 5. The molecule has 0 spiro atoms. The van der Waals surface area contributed by atoms with Crippen molar-refractivity contribution < 1.29 is 5.11 Å². The molecule has 0 saturated carbocycles. The Morgan fingerprint density at radius 1 is 1.46 bits per heavy atom. The van der Waals surface area contributed by atoms with Crippen molar-refractivity contribution in [1.82, 2.24) is 15.3 Å². The Morgan fingerprint density at radius 2 is 2.15 bits per heavy atom. The van der Waals surface area contributed by atoms with Crippen LogP contribution in [0.5, 0.6) is 0 Å². The van der Waals surface area contributed by atoms with Crippen LogP contribution in [0, 0.1) is 0 Å². The van der Waals surface area contributed by atoms with Crippen LogP contribution in [-0.2, 0) is 6.54 Å². The highest BCUT2D eigenvalue weighted by Crippen LogP contribution is 1.95. The van der Waals surface area contributed by atoms with Crippen LogP contribution in [0.3, 0.4) is 0 Å². The molecule has 0 aliphatic heterocycles. The third-order valence-corrected chi connectivity index (χ3v) is 1.83. The predicted molar refractivity (Wildman–Crippen MR) is 50.0 cm³/mol. The fraction of sp³-hybridized carbons (Fsp3) is 0.556. The lowest BCUT2D eigenvalue weighted by molar-refractivity contribution is 0.268. The average Bonchev–Trinajstić information content (AvgIpc) is 2.17. The lowest BCUT2D eigenvalue weighted by Crippen LogP contribution is -2.26. The maximum Gasteiger partial charge on any atom is 0.115 e. The van der Waals surface area contributed by atoms with Crippen LogP contribution in [-0.4, -0.2) is 27.7 Å². The van der Waals surface area contributed by atoms with Crippen molar-refractivity contribution in [3.05, 3.63) is 24.3 Å². The number of nitrogens with one attached hydrogen (secondary N) is 1. The third-order valence-electron chi connectivity index (χ3n) is 1.83. The Hall–Kier alpha value is -1.00. The van der Waals surface area contributed by atoms with Gasteiger partial charge in [-0.25, -0.2) is 9.97 Å². The van der Waals surface area contributed by atoms with E-state index in [4.69, 9.17) is 5.11 Å². The molecule has 4 heteroatoms. The highest BCUT2D eigenvalue weighted by Gasteiger charge is 1.99. The summed E-state index contributed by atoms with van der Waals surface area (Å²) in [5.41, 5.74) is 1.06. The van der Waals surface area contributed by atoms with Gasteiger partial charge in [0.05, 0.1) is 0 Å². The number of nitrogens with zero attached hydrogens (tertiary/aromatic N) is 2. The van der Waals surface area contributed by atoms with E-state index in [1.165, 1.54) is 6.33 Å². The number of hydrogen-bond acceptors (Lipinski definition) is 4. The summed E-state index contributed by atoms with van der Waals surface area (Å²) in [4.78, 5) is 7.82. The average molecular weight is 181 g/mol. The molecule has 13 heavy (non-hydrogen) atoms. The molecule has 4 nitrogen and oxygen atoms in total. The summed E-state index contributed by atoms with van der Waals surface area (Å²) in [6, 6.07) is 0.324. The van der Waals surface area contributed by atoms with Gasteiger partial charge in [0.25, 0.3) is 0 Å². The predicted octanol–water partition coefficient (Wildman–Crippen LogP) is 0.337. The molecule has 1 unspecified atom stereocenters. The molecule has 72 valence electrons. The SMILES string of the molecule is CC(CCO)NCc1cncnc1. The second kappa shape index (κ2) is 5.61. The first-order valence-corrected chi connectivity index (χ1v) is 4.41. The van der Waals surface area contributed by atoms with E-state index >= 15 is 0 Å². The number of aliphatic hydroxyl groups is 1. The van der Waals surface area contributed by atoms with E-state index in [1.54, 1.807) is 12.4 Å². The van der Waals surface area contributed by atoms with Gasteiger partial charge in [-0.05, 0) is 13.3 Å². The van der Waals surface area contributed by atoms with Crippen LogP contribution < -0.4 is 5.32 Å². The van der Waals surface area contributed by atoms with E-state index in [9.17, 15) is 0 Å². The van der Waals surface area contributed by atoms with E-state index in [1.807, 2.05) is 6.92 Å². The molecule has 2 N–H and O–H groups in total. The normalized spacial score (nSPS) is 12.8. The lowest BCUT2D eigenvalue weighted by Gasteiger charge is -2.11. The summed E-state index contributed by atoms with van der Waals surface area (Å²) in [6.07, 6.45) is 5.85. The van der Waals surface area contributed by atoms with Crippen LogP contribution in [0.1, 0.15) is 18.9 Å². The quantitative estimate of drug-likeness (QED) is 0.687. The summed E-state index contributed by atoms with van der Waals surface area (Å²) in [6.45, 7) is 3.02. The summed E-state index contributed by atoms with van der Waals surface area (Å²) in [7, 11) is 0. The Balaban J connectivity index is 2.27. The molecule has 1 heterocycles. The molecule has 1 rings (SSSR count). The molecule has 1 aromatic rings. The largest absolute Gasteiger partial charge is 0.396 e. The molecule has 0 saturated heterocycles. The van der Waals surface area contributed by atoms with E-state index in [0.717, 1.165) is 18.5 Å².